The Hall–Kier alpha value is -2.08. The molecule has 0 aromatic heterocycles. The fraction of sp³-hybridized carbons (Fsp3) is 0.500. The van der Waals surface area contributed by atoms with E-state index >= 15 is 0 Å². The number of rotatable bonds is 8. The number of hydrogen-bond acceptors (Lipinski definition) is 4. The normalized spacial score (nSPS) is 10.4. The van der Waals surface area contributed by atoms with Crippen LogP contribution < -0.4 is 15.0 Å². The average molecular weight is 307 g/mol. The van der Waals surface area contributed by atoms with Gasteiger partial charge in [-0.15, -0.1) is 0 Å². The van der Waals surface area contributed by atoms with Gasteiger partial charge in [-0.25, -0.2) is 0 Å². The van der Waals surface area contributed by atoms with Crippen LogP contribution in [0.2, 0.25) is 0 Å². The van der Waals surface area contributed by atoms with Gasteiger partial charge in [-0.1, -0.05) is 0 Å². The molecule has 0 saturated carbocycles. The van der Waals surface area contributed by atoms with Gasteiger partial charge in [-0.3, -0.25) is 9.59 Å². The fourth-order valence-electron chi connectivity index (χ4n) is 1.97. The van der Waals surface area contributed by atoms with Crippen molar-refractivity contribution in [2.45, 2.75) is 13.3 Å². The molecule has 0 bridgehead atoms. The highest BCUT2D eigenvalue weighted by Gasteiger charge is 2.15. The van der Waals surface area contributed by atoms with Crippen molar-refractivity contribution in [1.82, 2.24) is 10.2 Å². The minimum atomic E-state index is -0.173. The highest BCUT2D eigenvalue weighted by Crippen LogP contribution is 2.19. The largest absolute Gasteiger partial charge is 0.497 e. The van der Waals surface area contributed by atoms with Gasteiger partial charge in [-0.2, -0.15) is 0 Å². The summed E-state index contributed by atoms with van der Waals surface area (Å²) < 4.78 is 5.09. The second-order valence-electron chi connectivity index (χ2n) is 5.31. The van der Waals surface area contributed by atoms with Crippen molar-refractivity contribution < 1.29 is 14.3 Å². The van der Waals surface area contributed by atoms with E-state index in [1.165, 1.54) is 11.8 Å². The van der Waals surface area contributed by atoms with Crippen LogP contribution >= 0.6 is 0 Å². The number of carbonyl (C=O) groups excluding carboxylic acids is 2. The number of carbonyl (C=O) groups is 2. The van der Waals surface area contributed by atoms with Crippen LogP contribution in [-0.4, -0.2) is 57.6 Å². The lowest BCUT2D eigenvalue weighted by Gasteiger charge is -2.21. The van der Waals surface area contributed by atoms with Gasteiger partial charge in [0.25, 0.3) is 0 Å². The van der Waals surface area contributed by atoms with E-state index < -0.39 is 0 Å². The van der Waals surface area contributed by atoms with Gasteiger partial charge in [0.15, 0.2) is 0 Å². The molecule has 2 amide bonds. The van der Waals surface area contributed by atoms with E-state index in [-0.39, 0.29) is 18.4 Å². The molecule has 0 saturated heterocycles. The van der Waals surface area contributed by atoms with Crippen molar-refractivity contribution in [2.75, 3.05) is 45.7 Å². The smallest absolute Gasteiger partial charge is 0.240 e. The van der Waals surface area contributed by atoms with E-state index in [4.69, 9.17) is 4.74 Å². The minimum absolute atomic E-state index is 0.0175. The van der Waals surface area contributed by atoms with Crippen LogP contribution in [0.3, 0.4) is 0 Å². The predicted octanol–water partition coefficient (Wildman–Crippen LogP) is 1.12. The molecule has 0 fully saturated rings. The molecule has 0 radical (unpaired) electrons. The average Bonchev–Trinajstić information content (AvgIpc) is 2.49. The second kappa shape index (κ2) is 9.04. The van der Waals surface area contributed by atoms with E-state index in [0.717, 1.165) is 13.0 Å². The summed E-state index contributed by atoms with van der Waals surface area (Å²) >= 11 is 0. The standard InChI is InChI=1S/C16H25N3O3/c1-13(20)19(14-6-8-15(22-4)9-7-14)12-16(21)17-10-5-11-18(2)3/h6-9H,5,10-12H2,1-4H3,(H,17,21). The number of anilines is 1. The molecule has 0 heterocycles. The molecular formula is C16H25N3O3. The summed E-state index contributed by atoms with van der Waals surface area (Å²) in [5, 5.41) is 2.83. The third kappa shape index (κ3) is 6.13. The van der Waals surface area contributed by atoms with Gasteiger partial charge in [0, 0.05) is 19.2 Å². The molecule has 1 N–H and O–H groups in total. The van der Waals surface area contributed by atoms with Crippen LogP contribution in [0.5, 0.6) is 5.75 Å². The SMILES string of the molecule is COc1ccc(N(CC(=O)NCCCN(C)C)C(C)=O)cc1. The summed E-state index contributed by atoms with van der Waals surface area (Å²) in [5.41, 5.74) is 0.678. The molecule has 6 nitrogen and oxygen atoms in total. The molecule has 22 heavy (non-hydrogen) atoms. The maximum absolute atomic E-state index is 12.0. The number of methoxy groups -OCH3 is 1. The Labute approximate surface area is 132 Å². The first-order valence-electron chi connectivity index (χ1n) is 7.27. The Morgan fingerprint density at radius 2 is 1.82 bits per heavy atom. The van der Waals surface area contributed by atoms with Gasteiger partial charge in [0.05, 0.1) is 7.11 Å². The molecule has 0 aliphatic rings. The lowest BCUT2D eigenvalue weighted by molar-refractivity contribution is -0.123. The lowest BCUT2D eigenvalue weighted by Crippen LogP contribution is -2.40. The van der Waals surface area contributed by atoms with Gasteiger partial charge < -0.3 is 19.9 Å². The summed E-state index contributed by atoms with van der Waals surface area (Å²) in [4.78, 5) is 27.2. The summed E-state index contributed by atoms with van der Waals surface area (Å²) in [6, 6.07) is 7.06. The van der Waals surface area contributed by atoms with E-state index in [1.807, 2.05) is 14.1 Å². The van der Waals surface area contributed by atoms with Crippen LogP contribution in [-0.2, 0) is 9.59 Å². The van der Waals surface area contributed by atoms with Crippen molar-refractivity contribution in [3.05, 3.63) is 24.3 Å². The van der Waals surface area contributed by atoms with Crippen LogP contribution in [0.15, 0.2) is 24.3 Å². The fourth-order valence-corrected chi connectivity index (χ4v) is 1.97. The Morgan fingerprint density at radius 3 is 2.32 bits per heavy atom. The van der Waals surface area contributed by atoms with Crippen LogP contribution in [0.4, 0.5) is 5.69 Å². The zero-order valence-corrected chi connectivity index (χ0v) is 13.8. The molecule has 0 unspecified atom stereocenters. The van der Waals surface area contributed by atoms with Gasteiger partial charge in [0.2, 0.25) is 11.8 Å². The second-order valence-corrected chi connectivity index (χ2v) is 5.31. The number of benzene rings is 1. The van der Waals surface area contributed by atoms with E-state index in [1.54, 1.807) is 31.4 Å². The molecule has 122 valence electrons. The highest BCUT2D eigenvalue weighted by atomic mass is 16.5. The van der Waals surface area contributed by atoms with Crippen molar-refractivity contribution in [1.29, 1.82) is 0 Å². The Kier molecular flexibility index (Phi) is 7.39. The monoisotopic (exact) mass is 307 g/mol. The molecule has 1 rings (SSSR count). The van der Waals surface area contributed by atoms with Crippen molar-refractivity contribution in [2.24, 2.45) is 0 Å². The first kappa shape index (κ1) is 18.0. The molecule has 6 heteroatoms. The lowest BCUT2D eigenvalue weighted by atomic mass is 10.2. The van der Waals surface area contributed by atoms with E-state index in [2.05, 4.69) is 10.2 Å². The minimum Gasteiger partial charge on any atom is -0.497 e. The van der Waals surface area contributed by atoms with Crippen molar-refractivity contribution in [3.63, 3.8) is 0 Å². The van der Waals surface area contributed by atoms with E-state index in [0.29, 0.717) is 18.0 Å². The quantitative estimate of drug-likeness (QED) is 0.731. The molecule has 1 aromatic carbocycles. The van der Waals surface area contributed by atoms with Gasteiger partial charge in [0.1, 0.15) is 12.3 Å². The first-order valence-corrected chi connectivity index (χ1v) is 7.27. The third-order valence-electron chi connectivity index (χ3n) is 3.17. The Morgan fingerprint density at radius 1 is 1.18 bits per heavy atom. The number of hydrogen-bond donors (Lipinski definition) is 1. The van der Waals surface area contributed by atoms with Crippen LogP contribution in [0.25, 0.3) is 0 Å². The number of ether oxygens (including phenoxy) is 1. The van der Waals surface area contributed by atoms with Crippen LogP contribution in [0.1, 0.15) is 13.3 Å². The summed E-state index contributed by atoms with van der Waals surface area (Å²) in [5.74, 6) is 0.374. The number of nitrogens with zero attached hydrogens (tertiary/aromatic N) is 2. The predicted molar refractivity (Wildman–Crippen MR) is 87.2 cm³/mol. The van der Waals surface area contributed by atoms with Crippen molar-refractivity contribution >= 4 is 17.5 Å². The molecular weight excluding hydrogens is 282 g/mol. The van der Waals surface area contributed by atoms with E-state index in [9.17, 15) is 9.59 Å². The van der Waals surface area contributed by atoms with Gasteiger partial charge in [-0.05, 0) is 51.3 Å². The zero-order valence-electron chi connectivity index (χ0n) is 13.8. The molecule has 0 aliphatic heterocycles. The van der Waals surface area contributed by atoms with Gasteiger partial charge >= 0.3 is 0 Å². The van der Waals surface area contributed by atoms with Crippen molar-refractivity contribution in [3.8, 4) is 5.75 Å². The first-order chi connectivity index (χ1) is 10.4. The topological polar surface area (TPSA) is 61.9 Å². The summed E-state index contributed by atoms with van der Waals surface area (Å²) in [6.45, 7) is 2.98. The maximum atomic E-state index is 12.0. The highest BCUT2D eigenvalue weighted by molar-refractivity contribution is 5.97. The number of amides is 2. The zero-order chi connectivity index (χ0) is 16.5. The Bertz CT molecular complexity index is 486. The molecule has 0 atom stereocenters. The molecule has 0 spiro atoms. The summed E-state index contributed by atoms with van der Waals surface area (Å²) in [6.07, 6.45) is 0.876. The summed E-state index contributed by atoms with van der Waals surface area (Å²) in [7, 11) is 5.56. The van der Waals surface area contributed by atoms with Crippen LogP contribution in [0, 0.1) is 0 Å². The third-order valence-corrected chi connectivity index (χ3v) is 3.17. The number of nitrogens with one attached hydrogen (secondary N) is 1. The Balaban J connectivity index is 2.56. The molecule has 1 aromatic rings. The maximum Gasteiger partial charge on any atom is 0.240 e. The molecule has 0 aliphatic carbocycles.